The van der Waals surface area contributed by atoms with Crippen LogP contribution in [0.25, 0.3) is 0 Å². The first-order valence-corrected chi connectivity index (χ1v) is 8.88. The van der Waals surface area contributed by atoms with Gasteiger partial charge in [-0.25, -0.2) is 12.7 Å². The third-order valence-electron chi connectivity index (χ3n) is 4.25. The van der Waals surface area contributed by atoms with Crippen molar-refractivity contribution in [3.63, 3.8) is 0 Å². The lowest BCUT2D eigenvalue weighted by molar-refractivity contribution is -0.142. The molecule has 2 saturated heterocycles. The van der Waals surface area contributed by atoms with Crippen LogP contribution >= 0.6 is 0 Å². The Morgan fingerprint density at radius 2 is 1.95 bits per heavy atom. The van der Waals surface area contributed by atoms with Gasteiger partial charge in [0, 0.05) is 26.3 Å². The summed E-state index contributed by atoms with van der Waals surface area (Å²) >= 11 is 0. The number of carboxylic acid groups (broad SMARTS) is 1. The molecule has 1 atom stereocenters. The van der Waals surface area contributed by atoms with Crippen molar-refractivity contribution in [2.24, 2.45) is 11.8 Å². The summed E-state index contributed by atoms with van der Waals surface area (Å²) in [5.41, 5.74) is 0. The highest BCUT2D eigenvalue weighted by Gasteiger charge is 2.32. The number of hydrogen-bond acceptors (Lipinski definition) is 4. The maximum absolute atomic E-state index is 12.3. The number of ether oxygens (including phenoxy) is 1. The molecule has 0 aliphatic carbocycles. The fourth-order valence-electron chi connectivity index (χ4n) is 2.88. The van der Waals surface area contributed by atoms with Crippen LogP contribution in [0.1, 0.15) is 32.1 Å². The molecule has 1 N–H and O–H groups in total. The predicted molar refractivity (Wildman–Crippen MR) is 73.9 cm³/mol. The average molecular weight is 305 g/mol. The lowest BCUT2D eigenvalue weighted by atomic mass is 9.98. The number of aliphatic carboxylic acids is 1. The summed E-state index contributed by atoms with van der Waals surface area (Å²) in [4.78, 5) is 11.0. The van der Waals surface area contributed by atoms with E-state index in [4.69, 9.17) is 9.84 Å². The zero-order chi connectivity index (χ0) is 14.6. The van der Waals surface area contributed by atoms with E-state index in [1.165, 1.54) is 4.31 Å². The lowest BCUT2D eigenvalue weighted by Gasteiger charge is -2.30. The van der Waals surface area contributed by atoms with E-state index in [0.717, 1.165) is 26.1 Å². The van der Waals surface area contributed by atoms with Gasteiger partial charge in [-0.15, -0.1) is 0 Å². The van der Waals surface area contributed by atoms with Crippen molar-refractivity contribution in [2.75, 3.05) is 32.1 Å². The Morgan fingerprint density at radius 1 is 1.25 bits per heavy atom. The van der Waals surface area contributed by atoms with Gasteiger partial charge in [-0.1, -0.05) is 0 Å². The average Bonchev–Trinajstić information content (AvgIpc) is 2.46. The van der Waals surface area contributed by atoms with Gasteiger partial charge in [-0.05, 0) is 38.0 Å². The summed E-state index contributed by atoms with van der Waals surface area (Å²) in [6.07, 6.45) is 3.70. The van der Waals surface area contributed by atoms with E-state index in [9.17, 15) is 13.2 Å². The van der Waals surface area contributed by atoms with E-state index >= 15 is 0 Å². The van der Waals surface area contributed by atoms with E-state index in [2.05, 4.69) is 0 Å². The van der Waals surface area contributed by atoms with Crippen LogP contribution in [0.2, 0.25) is 0 Å². The monoisotopic (exact) mass is 305 g/mol. The van der Waals surface area contributed by atoms with E-state index in [1.54, 1.807) is 0 Å². The van der Waals surface area contributed by atoms with Crippen LogP contribution in [0.5, 0.6) is 0 Å². The first-order valence-electron chi connectivity index (χ1n) is 7.27. The molecule has 2 aliphatic rings. The van der Waals surface area contributed by atoms with Gasteiger partial charge in [0.05, 0.1) is 11.7 Å². The zero-order valence-corrected chi connectivity index (χ0v) is 12.5. The van der Waals surface area contributed by atoms with Crippen LogP contribution in [0, 0.1) is 11.8 Å². The molecule has 0 aromatic carbocycles. The van der Waals surface area contributed by atoms with Crippen LogP contribution in [0.3, 0.4) is 0 Å². The molecule has 6 nitrogen and oxygen atoms in total. The van der Waals surface area contributed by atoms with Crippen LogP contribution in [0.15, 0.2) is 0 Å². The number of rotatable bonds is 5. The molecule has 1 unspecified atom stereocenters. The standard InChI is InChI=1S/C13H23NO5S/c15-13(16)12-2-1-6-14(10-12)20(17,18)9-5-11-3-7-19-8-4-11/h11-12H,1-10H2,(H,15,16). The summed E-state index contributed by atoms with van der Waals surface area (Å²) in [5, 5.41) is 9.02. The van der Waals surface area contributed by atoms with Crippen molar-refractivity contribution < 1.29 is 23.1 Å². The molecule has 116 valence electrons. The first kappa shape index (κ1) is 15.7. The van der Waals surface area contributed by atoms with E-state index in [-0.39, 0.29) is 12.3 Å². The van der Waals surface area contributed by atoms with Crippen LogP contribution in [-0.4, -0.2) is 55.9 Å². The van der Waals surface area contributed by atoms with Gasteiger partial charge < -0.3 is 9.84 Å². The fraction of sp³-hybridized carbons (Fsp3) is 0.923. The molecule has 7 heteroatoms. The maximum atomic E-state index is 12.3. The molecule has 2 heterocycles. The van der Waals surface area contributed by atoms with E-state index in [1.807, 2.05) is 0 Å². The zero-order valence-electron chi connectivity index (χ0n) is 11.7. The topological polar surface area (TPSA) is 83.9 Å². The SMILES string of the molecule is O=C(O)C1CCCN(S(=O)(=O)CCC2CCOCC2)C1. The smallest absolute Gasteiger partial charge is 0.307 e. The third-order valence-corrected chi connectivity index (χ3v) is 6.12. The molecule has 0 spiro atoms. The normalized spacial score (nSPS) is 26.5. The highest BCUT2D eigenvalue weighted by Crippen LogP contribution is 2.23. The maximum Gasteiger partial charge on any atom is 0.307 e. The molecule has 0 bridgehead atoms. The van der Waals surface area contributed by atoms with Gasteiger partial charge >= 0.3 is 5.97 Å². The summed E-state index contributed by atoms with van der Waals surface area (Å²) in [5.74, 6) is -0.904. The van der Waals surface area contributed by atoms with Gasteiger partial charge in [0.2, 0.25) is 10.0 Å². The summed E-state index contributed by atoms with van der Waals surface area (Å²) < 4.78 is 31.2. The quantitative estimate of drug-likeness (QED) is 0.817. The number of carboxylic acids is 1. The highest BCUT2D eigenvalue weighted by molar-refractivity contribution is 7.89. The molecule has 0 aromatic heterocycles. The largest absolute Gasteiger partial charge is 0.481 e. The van der Waals surface area contributed by atoms with Gasteiger partial charge in [0.15, 0.2) is 0 Å². The second-order valence-corrected chi connectivity index (χ2v) is 7.78. The molecule has 0 saturated carbocycles. The molecule has 0 aromatic rings. The molecule has 2 rings (SSSR count). The van der Waals surface area contributed by atoms with E-state index < -0.39 is 21.9 Å². The van der Waals surface area contributed by atoms with Gasteiger partial charge in [0.25, 0.3) is 0 Å². The third kappa shape index (κ3) is 4.17. The molecule has 0 amide bonds. The second kappa shape index (κ2) is 6.87. The highest BCUT2D eigenvalue weighted by atomic mass is 32.2. The number of nitrogens with zero attached hydrogens (tertiary/aromatic N) is 1. The van der Waals surface area contributed by atoms with Crippen LogP contribution in [-0.2, 0) is 19.6 Å². The Labute approximate surface area is 120 Å². The lowest BCUT2D eigenvalue weighted by Crippen LogP contribution is -2.43. The minimum atomic E-state index is -3.32. The van der Waals surface area contributed by atoms with Crippen molar-refractivity contribution in [1.82, 2.24) is 4.31 Å². The first-order chi connectivity index (χ1) is 9.49. The predicted octanol–water partition coefficient (Wildman–Crippen LogP) is 0.929. The number of sulfonamides is 1. The Morgan fingerprint density at radius 3 is 2.60 bits per heavy atom. The van der Waals surface area contributed by atoms with Crippen molar-refractivity contribution in [2.45, 2.75) is 32.1 Å². The molecular weight excluding hydrogens is 282 g/mol. The van der Waals surface area contributed by atoms with Gasteiger partial charge in [-0.2, -0.15) is 0 Å². The summed E-state index contributed by atoms with van der Waals surface area (Å²) in [7, 11) is -3.32. The molecule has 0 radical (unpaired) electrons. The molecule has 2 fully saturated rings. The van der Waals surface area contributed by atoms with Crippen LogP contribution in [0.4, 0.5) is 0 Å². The van der Waals surface area contributed by atoms with Crippen LogP contribution < -0.4 is 0 Å². The van der Waals surface area contributed by atoms with Crippen molar-refractivity contribution in [1.29, 1.82) is 0 Å². The Hall–Kier alpha value is -0.660. The van der Waals surface area contributed by atoms with E-state index in [0.29, 0.717) is 31.7 Å². The Bertz CT molecular complexity index is 430. The second-order valence-electron chi connectivity index (χ2n) is 5.70. The van der Waals surface area contributed by atoms with Crippen molar-refractivity contribution >= 4 is 16.0 Å². The minimum Gasteiger partial charge on any atom is -0.481 e. The van der Waals surface area contributed by atoms with Crippen molar-refractivity contribution in [3.05, 3.63) is 0 Å². The molecule has 2 aliphatic heterocycles. The number of carbonyl (C=O) groups is 1. The summed E-state index contributed by atoms with van der Waals surface area (Å²) in [6.45, 7) is 2.02. The summed E-state index contributed by atoms with van der Waals surface area (Å²) in [6, 6.07) is 0. The van der Waals surface area contributed by atoms with Crippen molar-refractivity contribution in [3.8, 4) is 0 Å². The Kier molecular flexibility index (Phi) is 5.40. The number of piperidine rings is 1. The fourth-order valence-corrected chi connectivity index (χ4v) is 4.58. The van der Waals surface area contributed by atoms with Gasteiger partial charge in [0.1, 0.15) is 0 Å². The Balaban J connectivity index is 1.87. The molecule has 20 heavy (non-hydrogen) atoms. The number of hydrogen-bond donors (Lipinski definition) is 1. The van der Waals surface area contributed by atoms with Gasteiger partial charge in [-0.3, -0.25) is 4.79 Å². The minimum absolute atomic E-state index is 0.129. The molecular formula is C13H23NO5S.